The average Bonchev–Trinajstić information content (AvgIpc) is 2.39. The summed E-state index contributed by atoms with van der Waals surface area (Å²) in [5, 5.41) is 0. The number of piperazine rings is 1. The summed E-state index contributed by atoms with van der Waals surface area (Å²) < 4.78 is 5.48. The third-order valence-electron chi connectivity index (χ3n) is 3.94. The summed E-state index contributed by atoms with van der Waals surface area (Å²) in [5.74, 6) is 0.535. The molecule has 1 saturated heterocycles. The summed E-state index contributed by atoms with van der Waals surface area (Å²) in [6.45, 7) is 12.9. The van der Waals surface area contributed by atoms with Gasteiger partial charge < -0.3 is 15.4 Å². The monoisotopic (exact) mass is 320 g/mol. The number of nitrogen functional groups attached to an aromatic ring is 1. The largest absolute Gasteiger partial charge is 0.444 e. The maximum Gasteiger partial charge on any atom is 0.410 e. The molecule has 0 bridgehead atoms. The van der Waals surface area contributed by atoms with Crippen molar-refractivity contribution in [1.82, 2.24) is 14.8 Å². The van der Waals surface area contributed by atoms with E-state index in [1.807, 2.05) is 32.9 Å². The number of nitrogens with zero attached hydrogens (tertiary/aromatic N) is 3. The third kappa shape index (κ3) is 4.82. The van der Waals surface area contributed by atoms with E-state index in [9.17, 15) is 4.79 Å². The van der Waals surface area contributed by atoms with E-state index in [0.29, 0.717) is 18.9 Å². The third-order valence-corrected chi connectivity index (χ3v) is 3.94. The van der Waals surface area contributed by atoms with Crippen LogP contribution in [0.4, 0.5) is 10.6 Å². The predicted molar refractivity (Wildman–Crippen MR) is 90.9 cm³/mol. The minimum Gasteiger partial charge on any atom is -0.444 e. The number of ether oxygens (including phenoxy) is 1. The van der Waals surface area contributed by atoms with Crippen LogP contribution >= 0.6 is 0 Å². The molecule has 2 rings (SSSR count). The molecular weight excluding hydrogens is 292 g/mol. The van der Waals surface area contributed by atoms with Crippen LogP contribution in [0, 0.1) is 0 Å². The first kappa shape index (κ1) is 17.5. The van der Waals surface area contributed by atoms with Crippen LogP contribution in [0.2, 0.25) is 0 Å². The van der Waals surface area contributed by atoms with E-state index in [-0.39, 0.29) is 11.6 Å². The molecule has 0 atom stereocenters. The minimum atomic E-state index is -0.465. The molecule has 128 valence electrons. The SMILES string of the molecule is CC(C)(C)OC(=O)N1CCN(Cc2ccnc(N)c2)C(C)(C)C1. The molecule has 1 aromatic rings. The van der Waals surface area contributed by atoms with E-state index in [2.05, 4.69) is 23.7 Å². The van der Waals surface area contributed by atoms with Crippen LogP contribution < -0.4 is 5.73 Å². The van der Waals surface area contributed by atoms with E-state index in [4.69, 9.17) is 10.5 Å². The average molecular weight is 320 g/mol. The molecule has 1 aliphatic rings. The van der Waals surface area contributed by atoms with Crippen LogP contribution in [0.5, 0.6) is 0 Å². The van der Waals surface area contributed by atoms with Gasteiger partial charge in [-0.3, -0.25) is 4.90 Å². The molecule has 6 nitrogen and oxygen atoms in total. The van der Waals surface area contributed by atoms with Crippen LogP contribution in [0.15, 0.2) is 18.3 Å². The zero-order chi connectivity index (χ0) is 17.3. The Morgan fingerprint density at radius 1 is 1.39 bits per heavy atom. The highest BCUT2D eigenvalue weighted by Crippen LogP contribution is 2.24. The zero-order valence-electron chi connectivity index (χ0n) is 14.8. The summed E-state index contributed by atoms with van der Waals surface area (Å²) in [4.78, 5) is 20.5. The molecule has 1 aromatic heterocycles. The standard InChI is InChI=1S/C17H28N4O2/c1-16(2,3)23-15(22)20-8-9-21(17(4,5)12-20)11-13-6-7-19-14(18)10-13/h6-7,10H,8-9,11-12H2,1-5H3,(H2,18,19). The molecule has 0 aromatic carbocycles. The summed E-state index contributed by atoms with van der Waals surface area (Å²) in [6, 6.07) is 3.88. The zero-order valence-corrected chi connectivity index (χ0v) is 14.8. The predicted octanol–water partition coefficient (Wildman–Crippen LogP) is 2.50. The molecule has 0 spiro atoms. The number of amides is 1. The topological polar surface area (TPSA) is 71.7 Å². The quantitative estimate of drug-likeness (QED) is 0.906. The highest BCUT2D eigenvalue weighted by Gasteiger charge is 2.37. The Balaban J connectivity index is 2.01. The maximum atomic E-state index is 12.3. The number of hydrogen-bond donors (Lipinski definition) is 1. The maximum absolute atomic E-state index is 12.3. The van der Waals surface area contributed by atoms with Crippen molar-refractivity contribution in [2.45, 2.75) is 52.3 Å². The summed E-state index contributed by atoms with van der Waals surface area (Å²) >= 11 is 0. The second-order valence-corrected chi connectivity index (χ2v) is 7.72. The Hall–Kier alpha value is -1.82. The van der Waals surface area contributed by atoms with Gasteiger partial charge in [0.15, 0.2) is 0 Å². The molecule has 1 amide bonds. The molecule has 2 heterocycles. The minimum absolute atomic E-state index is 0.132. The molecule has 2 N–H and O–H groups in total. The summed E-state index contributed by atoms with van der Waals surface area (Å²) in [6.07, 6.45) is 1.49. The van der Waals surface area contributed by atoms with Gasteiger partial charge in [-0.15, -0.1) is 0 Å². The number of rotatable bonds is 2. The fourth-order valence-electron chi connectivity index (χ4n) is 2.78. The molecule has 1 fully saturated rings. The van der Waals surface area contributed by atoms with Gasteiger partial charge in [-0.25, -0.2) is 9.78 Å². The van der Waals surface area contributed by atoms with Crippen LogP contribution in [-0.2, 0) is 11.3 Å². The second-order valence-electron chi connectivity index (χ2n) is 7.72. The van der Waals surface area contributed by atoms with Gasteiger partial charge >= 0.3 is 6.09 Å². The molecule has 0 saturated carbocycles. The van der Waals surface area contributed by atoms with Gasteiger partial charge in [-0.2, -0.15) is 0 Å². The van der Waals surface area contributed by atoms with E-state index in [0.717, 1.165) is 18.7 Å². The number of hydrogen-bond acceptors (Lipinski definition) is 5. The van der Waals surface area contributed by atoms with Gasteiger partial charge in [0.25, 0.3) is 0 Å². The van der Waals surface area contributed by atoms with Crippen LogP contribution in [0.1, 0.15) is 40.2 Å². The first-order valence-electron chi connectivity index (χ1n) is 8.00. The lowest BCUT2D eigenvalue weighted by atomic mass is 9.98. The molecule has 0 radical (unpaired) electrons. The molecule has 6 heteroatoms. The highest BCUT2D eigenvalue weighted by atomic mass is 16.6. The van der Waals surface area contributed by atoms with E-state index in [1.54, 1.807) is 11.1 Å². The van der Waals surface area contributed by atoms with E-state index in [1.165, 1.54) is 0 Å². The van der Waals surface area contributed by atoms with Crippen molar-refractivity contribution in [2.75, 3.05) is 25.4 Å². The normalized spacial score (nSPS) is 18.7. The fraction of sp³-hybridized carbons (Fsp3) is 0.647. The number of carbonyl (C=O) groups excluding carboxylic acids is 1. The Labute approximate surface area is 138 Å². The van der Waals surface area contributed by atoms with Crippen molar-refractivity contribution in [1.29, 1.82) is 0 Å². The van der Waals surface area contributed by atoms with E-state index < -0.39 is 5.60 Å². The van der Waals surface area contributed by atoms with Gasteiger partial charge in [-0.05, 0) is 52.3 Å². The van der Waals surface area contributed by atoms with Gasteiger partial charge in [0.2, 0.25) is 0 Å². The van der Waals surface area contributed by atoms with Crippen LogP contribution in [0.25, 0.3) is 0 Å². The lowest BCUT2D eigenvalue weighted by Gasteiger charge is -2.47. The van der Waals surface area contributed by atoms with E-state index >= 15 is 0 Å². The van der Waals surface area contributed by atoms with Crippen LogP contribution in [-0.4, -0.2) is 51.7 Å². The number of aromatic nitrogens is 1. The summed E-state index contributed by atoms with van der Waals surface area (Å²) in [7, 11) is 0. The first-order chi connectivity index (χ1) is 10.6. The van der Waals surface area contributed by atoms with Crippen molar-refractivity contribution < 1.29 is 9.53 Å². The van der Waals surface area contributed by atoms with Crippen molar-refractivity contribution in [2.24, 2.45) is 0 Å². The van der Waals surface area contributed by atoms with Gasteiger partial charge in [0.1, 0.15) is 11.4 Å². The Morgan fingerprint density at radius 2 is 2.09 bits per heavy atom. The van der Waals surface area contributed by atoms with Gasteiger partial charge in [0.05, 0.1) is 0 Å². The molecule has 1 aliphatic heterocycles. The smallest absolute Gasteiger partial charge is 0.410 e. The number of pyridine rings is 1. The molecule has 23 heavy (non-hydrogen) atoms. The van der Waals surface area contributed by atoms with Crippen molar-refractivity contribution in [3.05, 3.63) is 23.9 Å². The van der Waals surface area contributed by atoms with Crippen molar-refractivity contribution in [3.63, 3.8) is 0 Å². The highest BCUT2D eigenvalue weighted by molar-refractivity contribution is 5.68. The second kappa shape index (κ2) is 6.35. The number of nitrogens with two attached hydrogens (primary N) is 1. The Morgan fingerprint density at radius 3 is 2.65 bits per heavy atom. The molecule has 0 aliphatic carbocycles. The lowest BCUT2D eigenvalue weighted by molar-refractivity contribution is -0.0177. The van der Waals surface area contributed by atoms with Crippen LogP contribution in [0.3, 0.4) is 0 Å². The van der Waals surface area contributed by atoms with Gasteiger partial charge in [0, 0.05) is 37.9 Å². The number of anilines is 1. The fourth-order valence-corrected chi connectivity index (χ4v) is 2.78. The number of carbonyl (C=O) groups is 1. The molecular formula is C17H28N4O2. The van der Waals surface area contributed by atoms with Crippen molar-refractivity contribution in [3.8, 4) is 0 Å². The van der Waals surface area contributed by atoms with Gasteiger partial charge in [-0.1, -0.05) is 0 Å². The first-order valence-corrected chi connectivity index (χ1v) is 8.00. The lowest BCUT2D eigenvalue weighted by Crippen LogP contribution is -2.60. The Bertz CT molecular complexity index is 566. The summed E-state index contributed by atoms with van der Waals surface area (Å²) in [5.41, 5.74) is 6.29. The molecule has 0 unspecified atom stereocenters. The van der Waals surface area contributed by atoms with Crippen molar-refractivity contribution >= 4 is 11.9 Å². The Kier molecular flexibility index (Phi) is 4.84.